The molecule has 1 rings (SSSR count). The van der Waals surface area contributed by atoms with Crippen LogP contribution in [0.4, 0.5) is 0 Å². The smallest absolute Gasteiger partial charge is 0.0524 e. The van der Waals surface area contributed by atoms with E-state index in [9.17, 15) is 0 Å². The van der Waals surface area contributed by atoms with E-state index in [1.807, 2.05) is 6.92 Å². The van der Waals surface area contributed by atoms with Crippen molar-refractivity contribution in [3.05, 3.63) is 0 Å². The van der Waals surface area contributed by atoms with E-state index in [1.165, 1.54) is 6.42 Å². The number of aliphatic hydroxyl groups excluding tert-OH is 1. The summed E-state index contributed by atoms with van der Waals surface area (Å²) < 4.78 is 0. The fourth-order valence-corrected chi connectivity index (χ4v) is 2.03. The Labute approximate surface area is 80.9 Å². The van der Waals surface area contributed by atoms with E-state index in [0.29, 0.717) is 0 Å². The van der Waals surface area contributed by atoms with E-state index in [0.717, 1.165) is 32.5 Å². The first-order valence-electron chi connectivity index (χ1n) is 5.25. The molecule has 1 fully saturated rings. The third-order valence-electron chi connectivity index (χ3n) is 2.69. The highest BCUT2D eigenvalue weighted by Crippen LogP contribution is 2.23. The molecular formula is C10H22N2O. The summed E-state index contributed by atoms with van der Waals surface area (Å²) >= 11 is 0. The lowest BCUT2D eigenvalue weighted by molar-refractivity contribution is 0.0489. The van der Waals surface area contributed by atoms with Crippen molar-refractivity contribution in [2.45, 2.75) is 44.8 Å². The highest BCUT2D eigenvalue weighted by atomic mass is 16.3. The molecule has 78 valence electrons. The van der Waals surface area contributed by atoms with Crippen LogP contribution >= 0.6 is 0 Å². The normalized spacial score (nSPS) is 24.0. The van der Waals surface area contributed by atoms with E-state index in [2.05, 4.69) is 11.8 Å². The molecule has 3 N–H and O–H groups in total. The van der Waals surface area contributed by atoms with Gasteiger partial charge in [0.2, 0.25) is 0 Å². The molecule has 1 heterocycles. The SMILES string of the molecule is CCCC1(N)CN(CCC(C)O)C1. The zero-order valence-electron chi connectivity index (χ0n) is 8.79. The van der Waals surface area contributed by atoms with Crippen LogP contribution in [-0.4, -0.2) is 41.3 Å². The average Bonchev–Trinajstić information content (AvgIpc) is 1.97. The van der Waals surface area contributed by atoms with Crippen LogP contribution in [0, 0.1) is 0 Å². The molecule has 0 aromatic heterocycles. The topological polar surface area (TPSA) is 49.5 Å². The van der Waals surface area contributed by atoms with Crippen LogP contribution in [0.2, 0.25) is 0 Å². The molecule has 1 unspecified atom stereocenters. The quantitative estimate of drug-likeness (QED) is 0.660. The van der Waals surface area contributed by atoms with Gasteiger partial charge in [0, 0.05) is 25.2 Å². The third kappa shape index (κ3) is 3.25. The molecule has 0 amide bonds. The van der Waals surface area contributed by atoms with Gasteiger partial charge in [0.05, 0.1) is 6.10 Å². The Kier molecular flexibility index (Phi) is 3.71. The maximum atomic E-state index is 9.10. The molecule has 0 saturated carbocycles. The fraction of sp³-hybridized carbons (Fsp3) is 1.00. The number of nitrogens with two attached hydrogens (primary N) is 1. The summed E-state index contributed by atoms with van der Waals surface area (Å²) in [5.41, 5.74) is 6.18. The van der Waals surface area contributed by atoms with Gasteiger partial charge < -0.3 is 10.8 Å². The zero-order valence-corrected chi connectivity index (χ0v) is 8.79. The summed E-state index contributed by atoms with van der Waals surface area (Å²) in [6, 6.07) is 0. The number of hydrogen-bond donors (Lipinski definition) is 2. The Balaban J connectivity index is 2.10. The van der Waals surface area contributed by atoms with Crippen LogP contribution in [0.5, 0.6) is 0 Å². The average molecular weight is 186 g/mol. The van der Waals surface area contributed by atoms with Crippen molar-refractivity contribution < 1.29 is 5.11 Å². The summed E-state index contributed by atoms with van der Waals surface area (Å²) in [6.45, 7) is 7.01. The van der Waals surface area contributed by atoms with Crippen molar-refractivity contribution in [1.82, 2.24) is 4.90 Å². The first-order valence-corrected chi connectivity index (χ1v) is 5.25. The number of aliphatic hydroxyl groups is 1. The van der Waals surface area contributed by atoms with Gasteiger partial charge >= 0.3 is 0 Å². The number of hydrogen-bond acceptors (Lipinski definition) is 3. The van der Waals surface area contributed by atoms with Gasteiger partial charge in [-0.25, -0.2) is 0 Å². The molecule has 1 aliphatic rings. The van der Waals surface area contributed by atoms with E-state index >= 15 is 0 Å². The molecular weight excluding hydrogens is 164 g/mol. The van der Waals surface area contributed by atoms with E-state index < -0.39 is 0 Å². The van der Waals surface area contributed by atoms with E-state index in [4.69, 9.17) is 10.8 Å². The first-order chi connectivity index (χ1) is 6.06. The molecule has 0 aliphatic carbocycles. The van der Waals surface area contributed by atoms with Crippen LogP contribution in [0.25, 0.3) is 0 Å². The summed E-state index contributed by atoms with van der Waals surface area (Å²) in [5.74, 6) is 0. The van der Waals surface area contributed by atoms with E-state index in [-0.39, 0.29) is 11.6 Å². The molecule has 13 heavy (non-hydrogen) atoms. The Morgan fingerprint density at radius 3 is 2.62 bits per heavy atom. The maximum absolute atomic E-state index is 9.10. The molecule has 3 nitrogen and oxygen atoms in total. The molecule has 1 saturated heterocycles. The molecule has 0 radical (unpaired) electrons. The van der Waals surface area contributed by atoms with Crippen molar-refractivity contribution in [2.75, 3.05) is 19.6 Å². The summed E-state index contributed by atoms with van der Waals surface area (Å²) in [7, 11) is 0. The van der Waals surface area contributed by atoms with Gasteiger partial charge in [0.25, 0.3) is 0 Å². The zero-order chi connectivity index (χ0) is 9.90. The van der Waals surface area contributed by atoms with Gasteiger partial charge in [-0.05, 0) is 19.8 Å². The summed E-state index contributed by atoms with van der Waals surface area (Å²) in [4.78, 5) is 2.32. The lowest BCUT2D eigenvalue weighted by Crippen LogP contribution is -2.67. The van der Waals surface area contributed by atoms with Gasteiger partial charge in [-0.3, -0.25) is 4.90 Å². The van der Waals surface area contributed by atoms with Crippen LogP contribution in [0.3, 0.4) is 0 Å². The highest BCUT2D eigenvalue weighted by molar-refractivity contribution is 4.99. The number of rotatable bonds is 5. The molecule has 0 bridgehead atoms. The molecule has 3 heteroatoms. The van der Waals surface area contributed by atoms with Gasteiger partial charge in [0.1, 0.15) is 0 Å². The van der Waals surface area contributed by atoms with Gasteiger partial charge in [0.15, 0.2) is 0 Å². The van der Waals surface area contributed by atoms with Gasteiger partial charge in [-0.15, -0.1) is 0 Å². The summed E-state index contributed by atoms with van der Waals surface area (Å²) in [6.07, 6.45) is 2.97. The second-order valence-electron chi connectivity index (χ2n) is 4.46. The Hall–Kier alpha value is -0.120. The molecule has 1 atom stereocenters. The molecule has 1 aliphatic heterocycles. The summed E-state index contributed by atoms with van der Waals surface area (Å²) in [5, 5.41) is 9.10. The standard InChI is InChI=1S/C10H22N2O/c1-3-5-10(11)7-12(8-10)6-4-9(2)13/h9,13H,3-8,11H2,1-2H3. The monoisotopic (exact) mass is 186 g/mol. The van der Waals surface area contributed by atoms with Crippen LogP contribution < -0.4 is 5.73 Å². The minimum absolute atomic E-state index is 0.0768. The second-order valence-corrected chi connectivity index (χ2v) is 4.46. The Morgan fingerprint density at radius 2 is 2.15 bits per heavy atom. The lowest BCUT2D eigenvalue weighted by Gasteiger charge is -2.48. The first kappa shape index (κ1) is 11.0. The molecule has 0 aromatic carbocycles. The Bertz CT molecular complexity index is 153. The van der Waals surface area contributed by atoms with E-state index in [1.54, 1.807) is 0 Å². The van der Waals surface area contributed by atoms with Gasteiger partial charge in [-0.1, -0.05) is 13.3 Å². The predicted molar refractivity (Wildman–Crippen MR) is 54.6 cm³/mol. The maximum Gasteiger partial charge on any atom is 0.0524 e. The molecule has 0 spiro atoms. The minimum Gasteiger partial charge on any atom is -0.393 e. The van der Waals surface area contributed by atoms with Crippen LogP contribution in [0.1, 0.15) is 33.1 Å². The third-order valence-corrected chi connectivity index (χ3v) is 2.69. The second kappa shape index (κ2) is 4.40. The van der Waals surface area contributed by atoms with Crippen LogP contribution in [-0.2, 0) is 0 Å². The highest BCUT2D eigenvalue weighted by Gasteiger charge is 2.37. The Morgan fingerprint density at radius 1 is 1.54 bits per heavy atom. The number of nitrogens with zero attached hydrogens (tertiary/aromatic N) is 1. The largest absolute Gasteiger partial charge is 0.393 e. The van der Waals surface area contributed by atoms with Crippen LogP contribution in [0.15, 0.2) is 0 Å². The molecule has 0 aromatic rings. The van der Waals surface area contributed by atoms with Crippen molar-refractivity contribution >= 4 is 0 Å². The van der Waals surface area contributed by atoms with Crippen molar-refractivity contribution in [2.24, 2.45) is 5.73 Å². The lowest BCUT2D eigenvalue weighted by atomic mass is 9.86. The van der Waals surface area contributed by atoms with Gasteiger partial charge in [-0.2, -0.15) is 0 Å². The number of likely N-dealkylation sites (tertiary alicyclic amines) is 1. The van der Waals surface area contributed by atoms with Crippen molar-refractivity contribution in [3.63, 3.8) is 0 Å². The fourth-order valence-electron chi connectivity index (χ4n) is 2.03. The predicted octanol–water partition coefficient (Wildman–Crippen LogP) is 0.571. The van der Waals surface area contributed by atoms with Crippen molar-refractivity contribution in [1.29, 1.82) is 0 Å². The minimum atomic E-state index is -0.182. The van der Waals surface area contributed by atoms with Crippen molar-refractivity contribution in [3.8, 4) is 0 Å².